The molecule has 0 radical (unpaired) electrons. The maximum Gasteiger partial charge on any atom is 0.260 e. The molecule has 2 aromatic carbocycles. The molecular weight excluding hydrogens is 480 g/mol. The second kappa shape index (κ2) is 11.6. The van der Waals surface area contributed by atoms with Gasteiger partial charge in [-0.1, -0.05) is 50.2 Å². The van der Waals surface area contributed by atoms with Gasteiger partial charge in [0.25, 0.3) is 5.91 Å². The number of para-hydroxylation sites is 1. The highest BCUT2D eigenvalue weighted by atomic mass is 32.2. The topological polar surface area (TPSA) is 73.8 Å². The number of benzene rings is 2. The molecule has 35 heavy (non-hydrogen) atoms. The van der Waals surface area contributed by atoms with Crippen LogP contribution in [0.3, 0.4) is 0 Å². The van der Waals surface area contributed by atoms with Crippen LogP contribution in [-0.2, 0) is 10.0 Å². The number of sulfonamides is 1. The van der Waals surface area contributed by atoms with Gasteiger partial charge in [-0.25, -0.2) is 13.4 Å². The van der Waals surface area contributed by atoms with Crippen molar-refractivity contribution in [2.45, 2.75) is 44.4 Å². The van der Waals surface area contributed by atoms with Crippen LogP contribution in [0.4, 0.5) is 5.13 Å². The van der Waals surface area contributed by atoms with Crippen molar-refractivity contribution < 1.29 is 13.2 Å². The summed E-state index contributed by atoms with van der Waals surface area (Å²) in [6.45, 7) is 8.38. The predicted octanol–water partition coefficient (Wildman–Crippen LogP) is 4.85. The van der Waals surface area contributed by atoms with Crippen LogP contribution >= 0.6 is 11.3 Å². The standard InChI is InChI=1S/C26H34N4O3S2/c1-3-28(4-2)19-20-30(26-27-23-11-7-8-12-24(23)34-26)25(31)21-13-15-22(16-14-21)35(32,33)29-17-9-5-6-10-18-29/h7-8,11-16H,3-6,9-10,17-20H2,1-2H3. The zero-order valence-corrected chi connectivity index (χ0v) is 22.2. The van der Waals surface area contributed by atoms with Gasteiger partial charge in [0.05, 0.1) is 15.1 Å². The van der Waals surface area contributed by atoms with Gasteiger partial charge in [-0.3, -0.25) is 9.69 Å². The largest absolute Gasteiger partial charge is 0.302 e. The van der Waals surface area contributed by atoms with Crippen LogP contribution in [-0.4, -0.2) is 67.8 Å². The first-order chi connectivity index (χ1) is 16.9. The Morgan fingerprint density at radius 3 is 2.23 bits per heavy atom. The van der Waals surface area contributed by atoms with E-state index in [0.29, 0.717) is 30.3 Å². The van der Waals surface area contributed by atoms with Gasteiger partial charge in [0, 0.05) is 31.7 Å². The smallest absolute Gasteiger partial charge is 0.260 e. The molecule has 3 aromatic rings. The first kappa shape index (κ1) is 25.8. The van der Waals surface area contributed by atoms with Crippen molar-refractivity contribution in [2.75, 3.05) is 44.2 Å². The highest BCUT2D eigenvalue weighted by Gasteiger charge is 2.26. The molecule has 1 fully saturated rings. The molecule has 7 nitrogen and oxygen atoms in total. The minimum absolute atomic E-state index is 0.171. The quantitative estimate of drug-likeness (QED) is 0.408. The second-order valence-electron chi connectivity index (χ2n) is 8.79. The molecule has 188 valence electrons. The van der Waals surface area contributed by atoms with E-state index in [-0.39, 0.29) is 10.8 Å². The SMILES string of the molecule is CCN(CC)CCN(C(=O)c1ccc(S(=O)(=O)N2CCCCCC2)cc1)c1nc2ccccc2s1. The Balaban J connectivity index is 1.59. The second-order valence-corrected chi connectivity index (χ2v) is 11.7. The number of nitrogens with zero attached hydrogens (tertiary/aromatic N) is 4. The summed E-state index contributed by atoms with van der Waals surface area (Å²) >= 11 is 1.50. The van der Waals surface area contributed by atoms with E-state index in [4.69, 9.17) is 4.98 Å². The van der Waals surface area contributed by atoms with Gasteiger partial charge in [-0.05, 0) is 62.3 Å². The van der Waals surface area contributed by atoms with E-state index in [2.05, 4.69) is 18.7 Å². The maximum atomic E-state index is 13.6. The number of hydrogen-bond acceptors (Lipinski definition) is 6. The minimum Gasteiger partial charge on any atom is -0.302 e. The maximum absolute atomic E-state index is 13.6. The van der Waals surface area contributed by atoms with Gasteiger partial charge in [0.1, 0.15) is 0 Å². The number of carbonyl (C=O) groups excluding carboxylic acids is 1. The zero-order chi connectivity index (χ0) is 24.8. The van der Waals surface area contributed by atoms with E-state index < -0.39 is 10.0 Å². The lowest BCUT2D eigenvalue weighted by atomic mass is 10.2. The van der Waals surface area contributed by atoms with E-state index in [1.54, 1.807) is 33.5 Å². The Morgan fingerprint density at radius 1 is 0.943 bits per heavy atom. The van der Waals surface area contributed by atoms with Crippen molar-refractivity contribution in [1.29, 1.82) is 0 Å². The Hall–Kier alpha value is -2.33. The molecule has 1 saturated heterocycles. The van der Waals surface area contributed by atoms with E-state index in [0.717, 1.165) is 55.5 Å². The fourth-order valence-corrected chi connectivity index (χ4v) is 6.90. The number of carbonyl (C=O) groups is 1. The van der Waals surface area contributed by atoms with Gasteiger partial charge < -0.3 is 4.90 Å². The number of amides is 1. The molecule has 0 unspecified atom stereocenters. The van der Waals surface area contributed by atoms with Gasteiger partial charge in [0.2, 0.25) is 10.0 Å². The Labute approximate surface area is 212 Å². The number of thiazole rings is 1. The third-order valence-electron chi connectivity index (χ3n) is 6.60. The average Bonchev–Trinajstić information content (AvgIpc) is 3.10. The number of anilines is 1. The number of aromatic nitrogens is 1. The lowest BCUT2D eigenvalue weighted by Gasteiger charge is -2.25. The predicted molar refractivity (Wildman–Crippen MR) is 143 cm³/mol. The molecule has 0 saturated carbocycles. The summed E-state index contributed by atoms with van der Waals surface area (Å²) in [4.78, 5) is 22.6. The average molecular weight is 515 g/mol. The van der Waals surface area contributed by atoms with Crippen molar-refractivity contribution in [3.8, 4) is 0 Å². The highest BCUT2D eigenvalue weighted by Crippen LogP contribution is 2.30. The van der Waals surface area contributed by atoms with Crippen molar-refractivity contribution in [3.05, 3.63) is 54.1 Å². The fraction of sp³-hybridized carbons (Fsp3) is 0.462. The van der Waals surface area contributed by atoms with E-state index >= 15 is 0 Å². The molecule has 1 aromatic heterocycles. The first-order valence-electron chi connectivity index (χ1n) is 12.4. The van der Waals surface area contributed by atoms with Crippen molar-refractivity contribution in [3.63, 3.8) is 0 Å². The first-order valence-corrected chi connectivity index (χ1v) is 14.7. The highest BCUT2D eigenvalue weighted by molar-refractivity contribution is 7.89. The number of fused-ring (bicyclic) bond motifs is 1. The fourth-order valence-electron chi connectivity index (χ4n) is 4.40. The molecule has 9 heteroatoms. The van der Waals surface area contributed by atoms with Crippen molar-refractivity contribution in [1.82, 2.24) is 14.2 Å². The van der Waals surface area contributed by atoms with Crippen LogP contribution in [0.5, 0.6) is 0 Å². The van der Waals surface area contributed by atoms with Crippen LogP contribution in [0.1, 0.15) is 49.9 Å². The molecule has 0 atom stereocenters. The van der Waals surface area contributed by atoms with Gasteiger partial charge in [-0.2, -0.15) is 4.31 Å². The third-order valence-corrected chi connectivity index (χ3v) is 9.57. The minimum atomic E-state index is -3.55. The van der Waals surface area contributed by atoms with Crippen molar-refractivity contribution >= 4 is 42.6 Å². The number of likely N-dealkylation sites (N-methyl/N-ethyl adjacent to an activating group) is 1. The van der Waals surface area contributed by atoms with E-state index in [1.807, 2.05) is 24.3 Å². The molecule has 0 aliphatic carbocycles. The Morgan fingerprint density at radius 2 is 1.60 bits per heavy atom. The summed E-state index contributed by atoms with van der Waals surface area (Å²) in [5, 5.41) is 0.657. The molecule has 2 heterocycles. The molecule has 0 N–H and O–H groups in total. The van der Waals surface area contributed by atoms with Crippen LogP contribution < -0.4 is 4.90 Å². The lowest BCUT2D eigenvalue weighted by molar-refractivity contribution is 0.0983. The Bertz CT molecular complexity index is 1200. The summed E-state index contributed by atoms with van der Waals surface area (Å²) in [5.74, 6) is -0.171. The van der Waals surface area contributed by atoms with Crippen LogP contribution in [0.25, 0.3) is 10.2 Å². The molecular formula is C26H34N4O3S2. The number of rotatable bonds is 9. The van der Waals surface area contributed by atoms with Crippen LogP contribution in [0.2, 0.25) is 0 Å². The molecule has 1 amide bonds. The summed E-state index contributed by atoms with van der Waals surface area (Å²) in [6.07, 6.45) is 3.90. The summed E-state index contributed by atoms with van der Waals surface area (Å²) < 4.78 is 28.9. The zero-order valence-electron chi connectivity index (χ0n) is 20.5. The van der Waals surface area contributed by atoms with E-state index in [9.17, 15) is 13.2 Å². The molecule has 1 aliphatic heterocycles. The van der Waals surface area contributed by atoms with Crippen molar-refractivity contribution in [2.24, 2.45) is 0 Å². The molecule has 0 bridgehead atoms. The van der Waals surface area contributed by atoms with Gasteiger partial charge in [0.15, 0.2) is 5.13 Å². The lowest BCUT2D eigenvalue weighted by Crippen LogP contribution is -2.39. The van der Waals surface area contributed by atoms with E-state index in [1.165, 1.54) is 11.3 Å². The normalized spacial score (nSPS) is 15.4. The third kappa shape index (κ3) is 5.91. The Kier molecular flexibility index (Phi) is 8.54. The molecule has 4 rings (SSSR count). The van der Waals surface area contributed by atoms with Gasteiger partial charge in [-0.15, -0.1) is 0 Å². The molecule has 0 spiro atoms. The monoisotopic (exact) mass is 514 g/mol. The molecule has 1 aliphatic rings. The van der Waals surface area contributed by atoms with Crippen LogP contribution in [0, 0.1) is 0 Å². The van der Waals surface area contributed by atoms with Crippen LogP contribution in [0.15, 0.2) is 53.4 Å². The summed E-state index contributed by atoms with van der Waals surface area (Å²) in [6, 6.07) is 14.3. The summed E-state index contributed by atoms with van der Waals surface area (Å²) in [7, 11) is -3.55. The van der Waals surface area contributed by atoms with Gasteiger partial charge >= 0.3 is 0 Å². The number of hydrogen-bond donors (Lipinski definition) is 0. The summed E-state index contributed by atoms with van der Waals surface area (Å²) in [5.41, 5.74) is 1.32.